The number of nitrogens with two attached hydrogens (primary N) is 1. The molecule has 6 heteroatoms. The second-order valence-electron chi connectivity index (χ2n) is 5.68. The molecule has 6 nitrogen and oxygen atoms in total. The van der Waals surface area contributed by atoms with Gasteiger partial charge in [-0.1, -0.05) is 0 Å². The number of hydrogen-bond donors (Lipinski definition) is 1. The Morgan fingerprint density at radius 1 is 1.27 bits per heavy atom. The average Bonchev–Trinajstić information content (AvgIpc) is 3.32. The molecule has 110 valence electrons. The molecular formula is C16H15N5O. The van der Waals surface area contributed by atoms with E-state index >= 15 is 0 Å². The molecule has 1 aliphatic carbocycles. The third-order valence-electron chi connectivity index (χ3n) is 3.94. The molecule has 1 fully saturated rings. The Labute approximate surface area is 127 Å². The highest BCUT2D eigenvalue weighted by Crippen LogP contribution is 2.33. The minimum atomic E-state index is 0.00764. The van der Waals surface area contributed by atoms with E-state index in [1.807, 2.05) is 25.1 Å². The van der Waals surface area contributed by atoms with Gasteiger partial charge < -0.3 is 5.73 Å². The minimum absolute atomic E-state index is 0.00764. The summed E-state index contributed by atoms with van der Waals surface area (Å²) in [5, 5.41) is 4.94. The summed E-state index contributed by atoms with van der Waals surface area (Å²) < 4.78 is 1.40. The van der Waals surface area contributed by atoms with Crippen molar-refractivity contribution < 1.29 is 4.79 Å². The standard InChI is InChI=1S/C16H15N5O/c1-9-2-3-11(7-18-9)13-6-12-14(8-19-13)21(20-15(12)17)16(22)10-4-5-10/h2-3,6-8,10H,4-5H2,1H3,(H2,17,20). The number of aromatic nitrogens is 4. The zero-order valence-corrected chi connectivity index (χ0v) is 12.2. The molecule has 3 heterocycles. The highest BCUT2D eigenvalue weighted by molar-refractivity contribution is 5.98. The number of pyridine rings is 2. The molecule has 0 amide bonds. The van der Waals surface area contributed by atoms with Gasteiger partial charge >= 0.3 is 0 Å². The summed E-state index contributed by atoms with van der Waals surface area (Å²) in [6.45, 7) is 1.94. The number of rotatable bonds is 2. The largest absolute Gasteiger partial charge is 0.382 e. The Morgan fingerprint density at radius 3 is 2.77 bits per heavy atom. The second-order valence-corrected chi connectivity index (χ2v) is 5.68. The van der Waals surface area contributed by atoms with E-state index in [0.29, 0.717) is 11.3 Å². The van der Waals surface area contributed by atoms with Crippen LogP contribution in [0.25, 0.3) is 22.2 Å². The van der Waals surface area contributed by atoms with Crippen molar-refractivity contribution in [1.29, 1.82) is 0 Å². The molecule has 0 atom stereocenters. The molecule has 1 saturated carbocycles. The van der Waals surface area contributed by atoms with Crippen molar-refractivity contribution in [3.63, 3.8) is 0 Å². The molecular weight excluding hydrogens is 278 g/mol. The molecule has 0 spiro atoms. The van der Waals surface area contributed by atoms with Crippen LogP contribution in [0.2, 0.25) is 0 Å². The van der Waals surface area contributed by atoms with Crippen molar-refractivity contribution in [2.45, 2.75) is 19.8 Å². The summed E-state index contributed by atoms with van der Waals surface area (Å²) >= 11 is 0. The van der Waals surface area contributed by atoms with Crippen LogP contribution in [0.15, 0.2) is 30.6 Å². The van der Waals surface area contributed by atoms with Gasteiger partial charge in [0.15, 0.2) is 5.82 Å². The van der Waals surface area contributed by atoms with Gasteiger partial charge in [-0.3, -0.25) is 14.8 Å². The van der Waals surface area contributed by atoms with Crippen molar-refractivity contribution in [2.75, 3.05) is 5.73 Å². The van der Waals surface area contributed by atoms with Crippen LogP contribution in [0.4, 0.5) is 5.82 Å². The van der Waals surface area contributed by atoms with Crippen molar-refractivity contribution in [2.24, 2.45) is 5.92 Å². The Bertz CT molecular complexity index is 877. The fourth-order valence-corrected chi connectivity index (χ4v) is 2.49. The third kappa shape index (κ3) is 2.04. The summed E-state index contributed by atoms with van der Waals surface area (Å²) in [7, 11) is 0. The number of fused-ring (bicyclic) bond motifs is 1. The van der Waals surface area contributed by atoms with Gasteiger partial charge in [-0.15, -0.1) is 5.10 Å². The van der Waals surface area contributed by atoms with E-state index in [0.717, 1.165) is 35.2 Å². The van der Waals surface area contributed by atoms with E-state index in [4.69, 9.17) is 5.73 Å². The van der Waals surface area contributed by atoms with Crippen molar-refractivity contribution in [3.05, 3.63) is 36.3 Å². The minimum Gasteiger partial charge on any atom is -0.382 e. The van der Waals surface area contributed by atoms with Gasteiger partial charge in [-0.05, 0) is 38.0 Å². The molecule has 0 bridgehead atoms. The highest BCUT2D eigenvalue weighted by atomic mass is 16.2. The fourth-order valence-electron chi connectivity index (χ4n) is 2.49. The first kappa shape index (κ1) is 12.9. The molecule has 4 rings (SSSR count). The van der Waals surface area contributed by atoms with Crippen molar-refractivity contribution in [3.8, 4) is 11.3 Å². The van der Waals surface area contributed by atoms with Crippen molar-refractivity contribution in [1.82, 2.24) is 19.7 Å². The molecule has 0 unspecified atom stereocenters. The Balaban J connectivity index is 1.82. The van der Waals surface area contributed by atoms with Crippen LogP contribution in [0.1, 0.15) is 23.3 Å². The molecule has 0 aromatic carbocycles. The molecule has 1 aliphatic rings. The van der Waals surface area contributed by atoms with Crippen molar-refractivity contribution >= 4 is 22.6 Å². The lowest BCUT2D eigenvalue weighted by Crippen LogP contribution is -2.14. The van der Waals surface area contributed by atoms with Crippen LogP contribution in [-0.4, -0.2) is 25.7 Å². The summed E-state index contributed by atoms with van der Waals surface area (Å²) in [4.78, 5) is 20.9. The molecule has 3 aromatic heterocycles. The van der Waals surface area contributed by atoms with Gasteiger partial charge in [0.05, 0.1) is 17.4 Å². The lowest BCUT2D eigenvalue weighted by atomic mass is 10.1. The summed E-state index contributed by atoms with van der Waals surface area (Å²) in [6, 6.07) is 5.76. The molecule has 0 aliphatic heterocycles. The second kappa shape index (κ2) is 4.62. The average molecular weight is 293 g/mol. The number of aryl methyl sites for hydroxylation is 1. The Kier molecular flexibility index (Phi) is 2.72. The van der Waals surface area contributed by atoms with E-state index in [1.54, 1.807) is 12.4 Å². The van der Waals surface area contributed by atoms with Crippen LogP contribution >= 0.6 is 0 Å². The maximum atomic E-state index is 12.2. The van der Waals surface area contributed by atoms with Gasteiger partial charge in [0.2, 0.25) is 0 Å². The van der Waals surface area contributed by atoms with Crippen LogP contribution in [0.5, 0.6) is 0 Å². The summed E-state index contributed by atoms with van der Waals surface area (Å²) in [5.41, 5.74) is 9.27. The zero-order valence-electron chi connectivity index (χ0n) is 12.2. The van der Waals surface area contributed by atoms with Crippen LogP contribution < -0.4 is 5.73 Å². The molecule has 0 saturated heterocycles. The predicted molar refractivity (Wildman–Crippen MR) is 83.3 cm³/mol. The van der Waals surface area contributed by atoms with E-state index in [2.05, 4.69) is 15.1 Å². The van der Waals surface area contributed by atoms with Crippen LogP contribution in [0, 0.1) is 12.8 Å². The summed E-state index contributed by atoms with van der Waals surface area (Å²) in [5.74, 6) is 0.449. The van der Waals surface area contributed by atoms with Gasteiger partial charge in [-0.25, -0.2) is 0 Å². The Hall–Kier alpha value is -2.76. The maximum Gasteiger partial charge on any atom is 0.250 e. The predicted octanol–water partition coefficient (Wildman–Crippen LogP) is 2.43. The van der Waals surface area contributed by atoms with Crippen LogP contribution in [-0.2, 0) is 0 Å². The lowest BCUT2D eigenvalue weighted by molar-refractivity contribution is 0.0876. The normalized spacial score (nSPS) is 14.4. The molecule has 2 N–H and O–H groups in total. The first-order chi connectivity index (χ1) is 10.6. The number of hydrogen-bond acceptors (Lipinski definition) is 5. The highest BCUT2D eigenvalue weighted by Gasteiger charge is 2.32. The quantitative estimate of drug-likeness (QED) is 0.784. The first-order valence-electron chi connectivity index (χ1n) is 7.25. The molecule has 3 aromatic rings. The van der Waals surface area contributed by atoms with Gasteiger partial charge in [0.25, 0.3) is 5.91 Å². The summed E-state index contributed by atoms with van der Waals surface area (Å²) in [6.07, 6.45) is 5.30. The van der Waals surface area contributed by atoms with E-state index in [9.17, 15) is 4.79 Å². The zero-order chi connectivity index (χ0) is 15.3. The number of nitrogen functional groups attached to an aromatic ring is 1. The van der Waals surface area contributed by atoms with Gasteiger partial charge in [-0.2, -0.15) is 4.68 Å². The van der Waals surface area contributed by atoms with E-state index < -0.39 is 0 Å². The smallest absolute Gasteiger partial charge is 0.250 e. The van der Waals surface area contributed by atoms with Gasteiger partial charge in [0.1, 0.15) is 0 Å². The van der Waals surface area contributed by atoms with Gasteiger partial charge in [0, 0.05) is 28.8 Å². The number of nitrogens with zero attached hydrogens (tertiary/aromatic N) is 4. The monoisotopic (exact) mass is 293 g/mol. The fraction of sp³-hybridized carbons (Fsp3) is 0.250. The lowest BCUT2D eigenvalue weighted by Gasteiger charge is -2.03. The van der Waals surface area contributed by atoms with Crippen LogP contribution in [0.3, 0.4) is 0 Å². The molecule has 22 heavy (non-hydrogen) atoms. The molecule has 0 radical (unpaired) electrons. The SMILES string of the molecule is Cc1ccc(-c2cc3c(N)nn(C(=O)C4CC4)c3cn2)cn1. The third-order valence-corrected chi connectivity index (χ3v) is 3.94. The van der Waals surface area contributed by atoms with E-state index in [1.165, 1.54) is 4.68 Å². The topological polar surface area (TPSA) is 86.7 Å². The maximum absolute atomic E-state index is 12.2. The number of anilines is 1. The van der Waals surface area contributed by atoms with E-state index in [-0.39, 0.29) is 11.8 Å². The number of carbonyl (C=O) groups excluding carboxylic acids is 1. The Morgan fingerprint density at radius 2 is 2.09 bits per heavy atom. The number of carbonyl (C=O) groups is 1. The first-order valence-corrected chi connectivity index (χ1v) is 7.25.